The van der Waals surface area contributed by atoms with Crippen LogP contribution in [0.15, 0.2) is 24.3 Å². The van der Waals surface area contributed by atoms with Crippen LogP contribution in [0.25, 0.3) is 0 Å². The molecule has 2 amide bonds. The summed E-state index contributed by atoms with van der Waals surface area (Å²) in [7, 11) is 0. The van der Waals surface area contributed by atoms with Crippen molar-refractivity contribution in [3.8, 4) is 0 Å². The van der Waals surface area contributed by atoms with Crippen LogP contribution >= 0.6 is 0 Å². The van der Waals surface area contributed by atoms with E-state index in [1.165, 1.54) is 37.8 Å². The monoisotopic (exact) mass is 318 g/mol. The third-order valence-corrected chi connectivity index (χ3v) is 4.05. The number of nitrogens with two attached hydrogens (primary N) is 1. The number of nitrogens with one attached hydrogen (secondary N) is 1. The zero-order valence-electron chi connectivity index (χ0n) is 13.0. The first-order valence-corrected chi connectivity index (χ1v) is 7.90. The molecule has 0 unspecified atom stereocenters. The summed E-state index contributed by atoms with van der Waals surface area (Å²) in [6, 6.07) is 6.18. The summed E-state index contributed by atoms with van der Waals surface area (Å²) in [5.41, 5.74) is 6.01. The van der Waals surface area contributed by atoms with Gasteiger partial charge in [-0.3, -0.25) is 14.4 Å². The molecule has 6 heteroatoms. The number of anilines is 1. The first-order chi connectivity index (χ1) is 11.0. The van der Waals surface area contributed by atoms with E-state index in [4.69, 9.17) is 10.5 Å². The summed E-state index contributed by atoms with van der Waals surface area (Å²) < 4.78 is 4.97. The number of hydrogen-bond donors (Lipinski definition) is 2. The van der Waals surface area contributed by atoms with Gasteiger partial charge in [-0.1, -0.05) is 25.7 Å². The minimum absolute atomic E-state index is 0.304. The van der Waals surface area contributed by atoms with Crippen LogP contribution in [0.4, 0.5) is 5.69 Å². The van der Waals surface area contributed by atoms with Crippen molar-refractivity contribution in [3.05, 3.63) is 29.8 Å². The largest absolute Gasteiger partial charge is 0.456 e. The minimum Gasteiger partial charge on any atom is -0.456 e. The Morgan fingerprint density at radius 1 is 1.13 bits per heavy atom. The van der Waals surface area contributed by atoms with E-state index in [0.29, 0.717) is 23.6 Å². The number of carbonyl (C=O) groups is 3. The van der Waals surface area contributed by atoms with Crippen LogP contribution in [0.1, 0.15) is 48.9 Å². The van der Waals surface area contributed by atoms with Gasteiger partial charge in [0.2, 0.25) is 5.91 Å². The lowest BCUT2D eigenvalue weighted by molar-refractivity contribution is -0.147. The summed E-state index contributed by atoms with van der Waals surface area (Å²) in [6.45, 7) is -0.304. The molecule has 1 aromatic rings. The molecule has 0 aromatic heterocycles. The van der Waals surface area contributed by atoms with Crippen molar-refractivity contribution in [3.63, 3.8) is 0 Å². The molecule has 1 fully saturated rings. The molecule has 0 radical (unpaired) electrons. The van der Waals surface area contributed by atoms with Gasteiger partial charge in [-0.15, -0.1) is 0 Å². The Hall–Kier alpha value is -2.37. The van der Waals surface area contributed by atoms with Crippen molar-refractivity contribution in [2.24, 2.45) is 11.7 Å². The van der Waals surface area contributed by atoms with E-state index in [1.807, 2.05) is 0 Å². The van der Waals surface area contributed by atoms with E-state index >= 15 is 0 Å². The second-order valence-electron chi connectivity index (χ2n) is 5.84. The Balaban J connectivity index is 1.67. The van der Waals surface area contributed by atoms with E-state index in [0.717, 1.165) is 6.42 Å². The lowest BCUT2D eigenvalue weighted by Gasteiger charge is -2.09. The average molecular weight is 318 g/mol. The quantitative estimate of drug-likeness (QED) is 0.753. The second-order valence-corrected chi connectivity index (χ2v) is 5.84. The van der Waals surface area contributed by atoms with E-state index in [1.54, 1.807) is 12.1 Å². The SMILES string of the molecule is NC(=O)c1ccc(NC(=O)COC(=O)CCC2CCCC2)cc1. The predicted octanol–water partition coefficient (Wildman–Crippen LogP) is 2.24. The smallest absolute Gasteiger partial charge is 0.306 e. The standard InChI is InChI=1S/C17H22N2O4/c18-17(22)13-6-8-14(9-7-13)19-15(20)11-23-16(21)10-5-12-3-1-2-4-12/h6-9,12H,1-5,10-11H2,(H2,18,22)(H,19,20). The maximum absolute atomic E-state index is 11.7. The third kappa shape index (κ3) is 5.73. The molecule has 1 aliphatic carbocycles. The fourth-order valence-corrected chi connectivity index (χ4v) is 2.75. The fourth-order valence-electron chi connectivity index (χ4n) is 2.75. The first-order valence-electron chi connectivity index (χ1n) is 7.90. The molecule has 124 valence electrons. The fraction of sp³-hybridized carbons (Fsp3) is 0.471. The van der Waals surface area contributed by atoms with E-state index < -0.39 is 11.8 Å². The lowest BCUT2D eigenvalue weighted by atomic mass is 10.0. The molecule has 2 rings (SSSR count). The highest BCUT2D eigenvalue weighted by atomic mass is 16.5. The van der Waals surface area contributed by atoms with Crippen LogP contribution < -0.4 is 11.1 Å². The summed E-state index contributed by atoms with van der Waals surface area (Å²) in [5, 5.41) is 2.59. The Bertz CT molecular complexity index is 562. The number of carbonyl (C=O) groups excluding carboxylic acids is 3. The van der Waals surface area contributed by atoms with Gasteiger partial charge < -0.3 is 15.8 Å². The van der Waals surface area contributed by atoms with Crippen molar-refractivity contribution in [1.29, 1.82) is 0 Å². The highest BCUT2D eigenvalue weighted by Gasteiger charge is 2.17. The van der Waals surface area contributed by atoms with Gasteiger partial charge in [0.05, 0.1) is 0 Å². The van der Waals surface area contributed by atoms with Crippen LogP contribution in [0.2, 0.25) is 0 Å². The number of primary amides is 1. The molecule has 0 saturated heterocycles. The molecule has 0 aliphatic heterocycles. The van der Waals surface area contributed by atoms with Crippen LogP contribution in [-0.2, 0) is 14.3 Å². The number of rotatable bonds is 7. The van der Waals surface area contributed by atoms with Gasteiger partial charge in [0.25, 0.3) is 5.91 Å². The van der Waals surface area contributed by atoms with Gasteiger partial charge in [0.1, 0.15) is 0 Å². The zero-order valence-corrected chi connectivity index (χ0v) is 13.0. The van der Waals surface area contributed by atoms with Crippen molar-refractivity contribution in [1.82, 2.24) is 0 Å². The number of benzene rings is 1. The summed E-state index contributed by atoms with van der Waals surface area (Å²) in [4.78, 5) is 34.3. The third-order valence-electron chi connectivity index (χ3n) is 4.05. The van der Waals surface area contributed by atoms with Gasteiger partial charge in [0, 0.05) is 17.7 Å². The molecule has 3 N–H and O–H groups in total. The first kappa shape index (κ1) is 17.0. The van der Waals surface area contributed by atoms with Crippen molar-refractivity contribution in [2.45, 2.75) is 38.5 Å². The van der Waals surface area contributed by atoms with Crippen LogP contribution in [0.3, 0.4) is 0 Å². The Labute approximate surface area is 135 Å². The van der Waals surface area contributed by atoms with E-state index in [-0.39, 0.29) is 12.6 Å². The summed E-state index contributed by atoms with van der Waals surface area (Å²) >= 11 is 0. The molecule has 6 nitrogen and oxygen atoms in total. The minimum atomic E-state index is -0.529. The maximum atomic E-state index is 11.7. The molecule has 0 bridgehead atoms. The number of esters is 1. The van der Waals surface area contributed by atoms with Gasteiger partial charge in [0.15, 0.2) is 6.61 Å². The van der Waals surface area contributed by atoms with Gasteiger partial charge in [-0.25, -0.2) is 0 Å². The molecule has 1 saturated carbocycles. The normalized spacial score (nSPS) is 14.4. The molecule has 1 aliphatic rings. The Kier molecular flexibility index (Phi) is 6.14. The lowest BCUT2D eigenvalue weighted by Crippen LogP contribution is -2.21. The highest BCUT2D eigenvalue weighted by molar-refractivity contribution is 5.95. The Morgan fingerprint density at radius 3 is 2.39 bits per heavy atom. The second kappa shape index (κ2) is 8.31. The zero-order chi connectivity index (χ0) is 16.7. The highest BCUT2D eigenvalue weighted by Crippen LogP contribution is 2.28. The Morgan fingerprint density at radius 2 is 1.78 bits per heavy atom. The molecular weight excluding hydrogens is 296 g/mol. The van der Waals surface area contributed by atoms with E-state index in [2.05, 4.69) is 5.32 Å². The molecule has 1 aromatic carbocycles. The molecule has 0 spiro atoms. The predicted molar refractivity (Wildman–Crippen MR) is 85.7 cm³/mol. The van der Waals surface area contributed by atoms with Crippen LogP contribution in [0, 0.1) is 5.92 Å². The van der Waals surface area contributed by atoms with E-state index in [9.17, 15) is 14.4 Å². The average Bonchev–Trinajstić information content (AvgIpc) is 3.05. The van der Waals surface area contributed by atoms with Gasteiger partial charge in [-0.2, -0.15) is 0 Å². The number of hydrogen-bond acceptors (Lipinski definition) is 4. The topological polar surface area (TPSA) is 98.5 Å². The van der Waals surface area contributed by atoms with Crippen molar-refractivity contribution < 1.29 is 19.1 Å². The van der Waals surface area contributed by atoms with Crippen LogP contribution in [0.5, 0.6) is 0 Å². The molecule has 0 heterocycles. The van der Waals surface area contributed by atoms with Gasteiger partial charge >= 0.3 is 5.97 Å². The summed E-state index contributed by atoms with van der Waals surface area (Å²) in [5.74, 6) is -0.651. The van der Waals surface area contributed by atoms with Crippen molar-refractivity contribution in [2.75, 3.05) is 11.9 Å². The van der Waals surface area contributed by atoms with Crippen molar-refractivity contribution >= 4 is 23.5 Å². The summed E-state index contributed by atoms with van der Waals surface area (Å²) in [6.07, 6.45) is 6.08. The van der Waals surface area contributed by atoms with Crippen LogP contribution in [-0.4, -0.2) is 24.4 Å². The number of amides is 2. The molecular formula is C17H22N2O4. The molecule has 23 heavy (non-hydrogen) atoms. The number of ether oxygens (including phenoxy) is 1. The maximum Gasteiger partial charge on any atom is 0.306 e. The molecule has 0 atom stereocenters. The van der Waals surface area contributed by atoms with Gasteiger partial charge in [-0.05, 0) is 36.6 Å².